The fourth-order valence-electron chi connectivity index (χ4n) is 5.21. The summed E-state index contributed by atoms with van der Waals surface area (Å²) >= 11 is 0. The predicted octanol–water partition coefficient (Wildman–Crippen LogP) is 3.44. The number of rotatable bonds is 3. The summed E-state index contributed by atoms with van der Waals surface area (Å²) in [6.07, 6.45) is 7.24. The van der Waals surface area contributed by atoms with Gasteiger partial charge in [0.05, 0.1) is 5.56 Å². The molecule has 1 spiro atoms. The van der Waals surface area contributed by atoms with E-state index >= 15 is 0 Å². The van der Waals surface area contributed by atoms with E-state index in [-0.39, 0.29) is 11.3 Å². The van der Waals surface area contributed by atoms with Gasteiger partial charge in [0.1, 0.15) is 5.82 Å². The van der Waals surface area contributed by atoms with Gasteiger partial charge < -0.3 is 14.7 Å². The van der Waals surface area contributed by atoms with Gasteiger partial charge in [0.2, 0.25) is 5.95 Å². The number of carbonyl (C=O) groups is 1. The van der Waals surface area contributed by atoms with Gasteiger partial charge in [-0.05, 0) is 48.6 Å². The molecule has 0 unspecified atom stereocenters. The molecular weight excluding hydrogens is 412 g/mol. The summed E-state index contributed by atoms with van der Waals surface area (Å²) in [7, 11) is 3.91. The fourth-order valence-corrected chi connectivity index (χ4v) is 5.21. The first-order valence-corrected chi connectivity index (χ1v) is 11.5. The normalized spacial score (nSPS) is 17.1. The molecule has 1 aromatic carbocycles. The van der Waals surface area contributed by atoms with Gasteiger partial charge in [-0.1, -0.05) is 24.3 Å². The maximum absolute atomic E-state index is 13.4. The van der Waals surface area contributed by atoms with Crippen LogP contribution in [0.1, 0.15) is 39.9 Å². The standard InChI is InChI=1S/C26H30N6O/c1-19-14-21(16-27-15-19)24(33)32-17-20-6-4-5-7-22(20)26(18-32)9-12-31(13-10-26)23-8-11-28-25(29-23)30(2)3/h4-8,11,14-16H,9-10,12-13,17-18H2,1-3H3. The van der Waals surface area contributed by atoms with Crippen LogP contribution in [0.15, 0.2) is 55.0 Å². The Kier molecular flexibility index (Phi) is 5.48. The fraction of sp³-hybridized carbons (Fsp3) is 0.385. The van der Waals surface area contributed by atoms with E-state index in [2.05, 4.69) is 39.1 Å². The average Bonchev–Trinajstić information content (AvgIpc) is 2.84. The van der Waals surface area contributed by atoms with Crippen LogP contribution in [0.4, 0.5) is 11.8 Å². The zero-order chi connectivity index (χ0) is 23.0. The van der Waals surface area contributed by atoms with Gasteiger partial charge in [-0.25, -0.2) is 4.98 Å². The number of nitrogens with zero attached hydrogens (tertiary/aromatic N) is 6. The Bertz CT molecular complexity index is 1170. The van der Waals surface area contributed by atoms with Crippen LogP contribution in [-0.2, 0) is 12.0 Å². The molecule has 1 fully saturated rings. The summed E-state index contributed by atoms with van der Waals surface area (Å²) in [5.74, 6) is 1.75. The molecule has 0 N–H and O–H groups in total. The summed E-state index contributed by atoms with van der Waals surface area (Å²) < 4.78 is 0. The molecule has 0 radical (unpaired) electrons. The number of amides is 1. The lowest BCUT2D eigenvalue weighted by Crippen LogP contribution is -2.53. The van der Waals surface area contributed by atoms with Crippen molar-refractivity contribution >= 4 is 17.7 Å². The zero-order valence-corrected chi connectivity index (χ0v) is 19.5. The van der Waals surface area contributed by atoms with E-state index < -0.39 is 0 Å². The Hall–Kier alpha value is -3.48. The molecule has 2 aliphatic heterocycles. The number of aryl methyl sites for hydroxylation is 1. The van der Waals surface area contributed by atoms with Gasteiger partial charge >= 0.3 is 0 Å². The van der Waals surface area contributed by atoms with E-state index in [9.17, 15) is 4.79 Å². The number of hydrogen-bond donors (Lipinski definition) is 0. The molecule has 7 nitrogen and oxygen atoms in total. The Labute approximate surface area is 195 Å². The van der Waals surface area contributed by atoms with E-state index in [1.54, 1.807) is 12.4 Å². The lowest BCUT2D eigenvalue weighted by molar-refractivity contribution is 0.0647. The third kappa shape index (κ3) is 4.03. The molecule has 0 atom stereocenters. The molecule has 2 aliphatic rings. The summed E-state index contributed by atoms with van der Waals surface area (Å²) in [4.78, 5) is 33.0. The van der Waals surface area contributed by atoms with E-state index in [1.165, 1.54) is 11.1 Å². The maximum Gasteiger partial charge on any atom is 0.255 e. The third-order valence-corrected chi connectivity index (χ3v) is 6.93. The monoisotopic (exact) mass is 442 g/mol. The molecule has 5 rings (SSSR count). The van der Waals surface area contributed by atoms with Crippen molar-refractivity contribution in [2.45, 2.75) is 31.7 Å². The predicted molar refractivity (Wildman–Crippen MR) is 130 cm³/mol. The minimum atomic E-state index is -0.0460. The third-order valence-electron chi connectivity index (χ3n) is 6.93. The smallest absolute Gasteiger partial charge is 0.255 e. The van der Waals surface area contributed by atoms with Crippen LogP contribution in [0.2, 0.25) is 0 Å². The van der Waals surface area contributed by atoms with Gasteiger partial charge in [0.25, 0.3) is 5.91 Å². The molecule has 3 aromatic rings. The molecule has 170 valence electrons. The molecule has 4 heterocycles. The van der Waals surface area contributed by atoms with Crippen LogP contribution >= 0.6 is 0 Å². The van der Waals surface area contributed by atoms with E-state index in [0.717, 1.165) is 49.8 Å². The topological polar surface area (TPSA) is 65.5 Å². The molecular formula is C26H30N6O. The molecule has 2 aromatic heterocycles. The van der Waals surface area contributed by atoms with Crippen molar-refractivity contribution in [2.75, 3.05) is 43.5 Å². The van der Waals surface area contributed by atoms with Crippen molar-refractivity contribution in [1.29, 1.82) is 0 Å². The first-order chi connectivity index (χ1) is 15.9. The highest BCUT2D eigenvalue weighted by molar-refractivity contribution is 5.94. The van der Waals surface area contributed by atoms with Crippen molar-refractivity contribution in [2.24, 2.45) is 0 Å². The first kappa shape index (κ1) is 21.4. The van der Waals surface area contributed by atoms with E-state index in [1.807, 2.05) is 49.1 Å². The van der Waals surface area contributed by atoms with Crippen LogP contribution in [0.3, 0.4) is 0 Å². The number of benzene rings is 1. The van der Waals surface area contributed by atoms with E-state index in [4.69, 9.17) is 4.98 Å². The van der Waals surface area contributed by atoms with Crippen molar-refractivity contribution < 1.29 is 4.79 Å². The Morgan fingerprint density at radius 3 is 2.64 bits per heavy atom. The Morgan fingerprint density at radius 1 is 1.09 bits per heavy atom. The lowest BCUT2D eigenvalue weighted by Gasteiger charge is -2.49. The summed E-state index contributed by atoms with van der Waals surface area (Å²) in [5, 5.41) is 0. The van der Waals surface area contributed by atoms with Gasteiger partial charge in [0.15, 0.2) is 0 Å². The number of anilines is 2. The first-order valence-electron chi connectivity index (χ1n) is 11.5. The highest BCUT2D eigenvalue weighted by Gasteiger charge is 2.43. The number of carbonyl (C=O) groups excluding carboxylic acids is 1. The number of aromatic nitrogens is 3. The van der Waals surface area contributed by atoms with Crippen LogP contribution < -0.4 is 9.80 Å². The minimum absolute atomic E-state index is 0.0460. The highest BCUT2D eigenvalue weighted by Crippen LogP contribution is 2.42. The maximum atomic E-state index is 13.4. The number of piperidine rings is 1. The largest absolute Gasteiger partial charge is 0.356 e. The average molecular weight is 443 g/mol. The number of pyridine rings is 1. The molecule has 0 saturated carbocycles. The van der Waals surface area contributed by atoms with Crippen molar-refractivity contribution in [3.63, 3.8) is 0 Å². The molecule has 1 amide bonds. The van der Waals surface area contributed by atoms with Crippen LogP contribution in [0, 0.1) is 6.92 Å². The van der Waals surface area contributed by atoms with Gasteiger partial charge in [-0.2, -0.15) is 4.98 Å². The van der Waals surface area contributed by atoms with E-state index in [0.29, 0.717) is 12.1 Å². The molecule has 1 saturated heterocycles. The highest BCUT2D eigenvalue weighted by atomic mass is 16.2. The minimum Gasteiger partial charge on any atom is -0.356 e. The second-order valence-electron chi connectivity index (χ2n) is 9.45. The summed E-state index contributed by atoms with van der Waals surface area (Å²) in [5.41, 5.74) is 4.27. The van der Waals surface area contributed by atoms with Crippen molar-refractivity contribution in [1.82, 2.24) is 19.9 Å². The zero-order valence-electron chi connectivity index (χ0n) is 19.5. The van der Waals surface area contributed by atoms with Gasteiger partial charge in [-0.3, -0.25) is 9.78 Å². The van der Waals surface area contributed by atoms with Crippen molar-refractivity contribution in [3.05, 3.63) is 77.2 Å². The SMILES string of the molecule is Cc1cncc(C(=O)N2Cc3ccccc3C3(CCN(c4ccnc(N(C)C)n4)CC3)C2)c1. The van der Waals surface area contributed by atoms with Gasteiger partial charge in [-0.15, -0.1) is 0 Å². The Balaban J connectivity index is 1.41. The molecule has 0 aliphatic carbocycles. The second kappa shape index (κ2) is 8.46. The molecule has 7 heteroatoms. The van der Waals surface area contributed by atoms with Crippen LogP contribution in [0.5, 0.6) is 0 Å². The summed E-state index contributed by atoms with van der Waals surface area (Å²) in [6, 6.07) is 12.6. The molecule has 33 heavy (non-hydrogen) atoms. The summed E-state index contributed by atoms with van der Waals surface area (Å²) in [6.45, 7) is 5.14. The van der Waals surface area contributed by atoms with Crippen LogP contribution in [-0.4, -0.2) is 59.5 Å². The van der Waals surface area contributed by atoms with Crippen LogP contribution in [0.25, 0.3) is 0 Å². The van der Waals surface area contributed by atoms with Gasteiger partial charge in [0, 0.05) is 64.3 Å². The lowest BCUT2D eigenvalue weighted by atomic mass is 9.68. The number of fused-ring (bicyclic) bond motifs is 2. The quantitative estimate of drug-likeness (QED) is 0.619. The molecule has 0 bridgehead atoms. The Morgan fingerprint density at radius 2 is 1.88 bits per heavy atom. The second-order valence-corrected chi connectivity index (χ2v) is 9.45. The van der Waals surface area contributed by atoms with Crippen molar-refractivity contribution in [3.8, 4) is 0 Å². The number of hydrogen-bond acceptors (Lipinski definition) is 6.